The monoisotopic (exact) mass is 1670 g/mol. The van der Waals surface area contributed by atoms with Crippen LogP contribution in [0.4, 0.5) is 0 Å². The number of carbonyl (C=O) groups excluding carboxylic acids is 14. The van der Waals surface area contributed by atoms with Gasteiger partial charge in [0, 0.05) is 32.4 Å². The largest absolute Gasteiger partial charge is 0.481 e. The molecule has 118 heavy (non-hydrogen) atoms. The molecular formula is C74H115N19O25. The minimum absolute atomic E-state index is 0.0341. The van der Waals surface area contributed by atoms with Gasteiger partial charge in [0.2, 0.25) is 82.7 Å². The van der Waals surface area contributed by atoms with Crippen LogP contribution in [0, 0.1) is 11.8 Å². The van der Waals surface area contributed by atoms with Crippen molar-refractivity contribution in [3.63, 3.8) is 0 Å². The number of carbonyl (C=O) groups is 17. The van der Waals surface area contributed by atoms with E-state index in [9.17, 15) is 122 Å². The second-order valence-corrected chi connectivity index (χ2v) is 28.2. The Labute approximate surface area is 679 Å². The third kappa shape index (κ3) is 33.9. The number of aliphatic hydroxyl groups excluding tert-OH is 5. The number of carboxylic acids is 3. The van der Waals surface area contributed by atoms with Crippen molar-refractivity contribution < 1.29 is 122 Å². The maximum Gasteiger partial charge on any atom is 0.326 e. The topological polar surface area (TPSA) is 728 Å². The van der Waals surface area contributed by atoms with E-state index in [0.717, 1.165) is 11.8 Å². The number of unbranched alkanes of at least 4 members (excludes halogenated alkanes) is 1. The van der Waals surface area contributed by atoms with Gasteiger partial charge < -0.3 is 138 Å². The summed E-state index contributed by atoms with van der Waals surface area (Å²) in [5.41, 5.74) is 23.1. The summed E-state index contributed by atoms with van der Waals surface area (Å²) in [6.45, 7) is 2.14. The van der Waals surface area contributed by atoms with Crippen LogP contribution in [-0.2, 0) is 94.3 Å². The standard InChI is InChI=1S/C74H115N19O25/c1-6-38(3)57(69(113)83-45(73(117)118)25-26-55(100)101)91-70(114)58(39(4)7-2)90-63(107)47(31-42-20-12-9-13-21-42)85-71(115)59(40(5)98)92-61(105)44(23-16-28-79-74(77)78)82-64(108)49(34-94)86-60(104)43(22-14-15-27-75)81-65(109)50(35-95)88-67(111)52(37-97)89-66(110)51(36-96)87-62(106)46(30-41-18-10-8-11-19-41)84-68(112)53-24-17-29-93(53)72(116)48(32-56(102)103)80-54(99)33-76/h8-13,18-21,38-40,43-53,57-59,94-98H,6-7,14-17,22-37,75-76H2,1-5H3,(H,80,99)(H,81,109)(H,82,108)(H,83,113)(H,84,112)(H,85,115)(H,86,104)(H,87,106)(H,88,111)(H,89,110)(H,90,107)(H,91,114)(H,92,105)(H,100,101)(H,102,103)(H,117,118)(H4,77,78,79)/t38-,39-,40+,43-,44-,45-,46-,47-,48-,49-,50-,51-,52-,53-,57-,58-,59-/m0/s1. The number of aliphatic carboxylic acids is 3. The molecule has 1 aliphatic rings. The lowest BCUT2D eigenvalue weighted by Crippen LogP contribution is -2.63. The summed E-state index contributed by atoms with van der Waals surface area (Å²) >= 11 is 0. The van der Waals surface area contributed by atoms with Gasteiger partial charge in [0.05, 0.1) is 45.5 Å². The van der Waals surface area contributed by atoms with E-state index in [-0.39, 0.29) is 96.2 Å². The van der Waals surface area contributed by atoms with Crippen molar-refractivity contribution in [1.82, 2.24) is 74.0 Å². The molecule has 2 aromatic rings. The van der Waals surface area contributed by atoms with Crippen LogP contribution in [-0.4, -0.2) is 296 Å². The number of aliphatic imine (C=N–C) groups is 1. The highest BCUT2D eigenvalue weighted by Crippen LogP contribution is 2.21. The molecule has 0 bridgehead atoms. The van der Waals surface area contributed by atoms with Gasteiger partial charge in [0.25, 0.3) is 0 Å². The maximum atomic E-state index is 14.6. The summed E-state index contributed by atoms with van der Waals surface area (Å²) in [7, 11) is 0. The molecule has 3 rings (SSSR count). The van der Waals surface area contributed by atoms with E-state index < -0.39 is 255 Å². The lowest BCUT2D eigenvalue weighted by atomic mass is 9.94. The zero-order chi connectivity index (χ0) is 88.5. The van der Waals surface area contributed by atoms with E-state index in [1.807, 2.05) is 0 Å². The van der Waals surface area contributed by atoms with Crippen molar-refractivity contribution in [2.45, 2.75) is 215 Å². The fraction of sp³-hybridized carbons (Fsp3) is 0.595. The Morgan fingerprint density at radius 1 is 0.449 bits per heavy atom. The quantitative estimate of drug-likeness (QED) is 0.0166. The summed E-state index contributed by atoms with van der Waals surface area (Å²) in [5, 5.41) is 112. The number of nitrogens with one attached hydrogen (secondary N) is 13. The van der Waals surface area contributed by atoms with Crippen LogP contribution >= 0.6 is 0 Å². The number of hydrogen-bond acceptors (Lipinski definition) is 25. The van der Waals surface area contributed by atoms with Crippen molar-refractivity contribution in [3.05, 3.63) is 71.8 Å². The SMILES string of the molecule is CC[C@H](C)[C@H](NC(=O)[C@H](Cc1ccccc1)NC(=O)[C@@H](NC(=O)[C@H](CCCN=C(N)N)NC(=O)[C@H](CO)NC(=O)[C@H](CCCCN)NC(=O)[C@H](CO)NC(=O)[C@H](CO)NC(=O)[C@H](CO)NC(=O)[C@H](Cc1ccccc1)NC(=O)[C@@H]1CCCN1C(=O)[C@H](CC(=O)O)NC(=O)CN)[C@@H](C)O)C(=O)N[C@H](C(=O)N[C@@H](CCC(=O)O)C(=O)O)[C@@H](C)CC. The molecular weight excluding hydrogens is 1550 g/mol. The highest BCUT2D eigenvalue weighted by atomic mass is 16.4. The molecule has 2 aromatic carbocycles. The first-order chi connectivity index (χ1) is 55.9. The average Bonchev–Trinajstić information content (AvgIpc) is 1.68. The summed E-state index contributed by atoms with van der Waals surface area (Å²) in [4.78, 5) is 235. The van der Waals surface area contributed by atoms with Gasteiger partial charge in [-0.05, 0) is 87.8 Å². The molecule has 0 unspecified atom stereocenters. The van der Waals surface area contributed by atoms with Crippen LogP contribution in [0.2, 0.25) is 0 Å². The number of guanidine groups is 1. The summed E-state index contributed by atoms with van der Waals surface area (Å²) in [5.74, 6) is -21.4. The fourth-order valence-corrected chi connectivity index (χ4v) is 12.1. The maximum absolute atomic E-state index is 14.6. The van der Waals surface area contributed by atoms with Crippen LogP contribution in [0.25, 0.3) is 0 Å². The molecule has 0 aromatic heterocycles. The number of nitrogens with zero attached hydrogens (tertiary/aromatic N) is 2. The first kappa shape index (κ1) is 101. The summed E-state index contributed by atoms with van der Waals surface area (Å²) < 4.78 is 0. The lowest BCUT2D eigenvalue weighted by molar-refractivity contribution is -0.146. The van der Waals surface area contributed by atoms with Gasteiger partial charge in [-0.25, -0.2) is 4.79 Å². The van der Waals surface area contributed by atoms with Crippen LogP contribution in [0.1, 0.15) is 123 Å². The Kier molecular flexibility index (Phi) is 44.5. The van der Waals surface area contributed by atoms with Gasteiger partial charge in [-0.15, -0.1) is 0 Å². The molecule has 17 atom stereocenters. The number of hydrogen-bond donors (Lipinski definition) is 25. The van der Waals surface area contributed by atoms with Gasteiger partial charge in [0.1, 0.15) is 84.6 Å². The smallest absolute Gasteiger partial charge is 0.326 e. The molecule has 0 aliphatic carbocycles. The Balaban J connectivity index is 1.87. The van der Waals surface area contributed by atoms with Crippen LogP contribution in [0.5, 0.6) is 0 Å². The van der Waals surface area contributed by atoms with E-state index in [1.54, 1.807) is 88.4 Å². The van der Waals surface area contributed by atoms with E-state index in [1.165, 1.54) is 0 Å². The van der Waals surface area contributed by atoms with Gasteiger partial charge in [0.15, 0.2) is 5.96 Å². The molecule has 656 valence electrons. The normalized spacial score (nSPS) is 16.4. The number of rotatable bonds is 54. The van der Waals surface area contributed by atoms with E-state index in [4.69, 9.17) is 22.9 Å². The molecule has 1 fully saturated rings. The van der Waals surface area contributed by atoms with Crippen molar-refractivity contribution in [2.24, 2.45) is 39.8 Å². The average molecular weight is 1670 g/mol. The van der Waals surface area contributed by atoms with E-state index in [2.05, 4.69) is 74.1 Å². The van der Waals surface area contributed by atoms with Crippen molar-refractivity contribution in [1.29, 1.82) is 0 Å². The number of aliphatic hydroxyl groups is 5. The molecule has 1 heterocycles. The summed E-state index contributed by atoms with van der Waals surface area (Å²) in [6, 6.07) is -7.60. The van der Waals surface area contributed by atoms with Gasteiger partial charge in [-0.1, -0.05) is 101 Å². The van der Waals surface area contributed by atoms with E-state index >= 15 is 0 Å². The molecule has 0 spiro atoms. The molecule has 44 nitrogen and oxygen atoms in total. The number of nitrogens with two attached hydrogens (primary N) is 4. The molecule has 1 aliphatic heterocycles. The van der Waals surface area contributed by atoms with E-state index in [0.29, 0.717) is 11.1 Å². The predicted molar refractivity (Wildman–Crippen MR) is 418 cm³/mol. The number of carboxylic acid groups (broad SMARTS) is 3. The first-order valence-corrected chi connectivity index (χ1v) is 38.5. The van der Waals surface area contributed by atoms with Crippen molar-refractivity contribution in [2.75, 3.05) is 52.6 Å². The zero-order valence-electron chi connectivity index (χ0n) is 66.4. The second-order valence-electron chi connectivity index (χ2n) is 28.2. The molecule has 0 radical (unpaired) electrons. The Morgan fingerprint density at radius 2 is 0.831 bits per heavy atom. The van der Waals surface area contributed by atoms with Crippen molar-refractivity contribution >= 4 is 107 Å². The highest BCUT2D eigenvalue weighted by Gasteiger charge is 2.43. The molecule has 29 N–H and O–H groups in total. The summed E-state index contributed by atoms with van der Waals surface area (Å²) in [6.07, 6.45) is -3.81. The number of benzene rings is 2. The van der Waals surface area contributed by atoms with Crippen LogP contribution < -0.4 is 92.1 Å². The first-order valence-electron chi connectivity index (χ1n) is 38.5. The minimum atomic E-state index is -2.01. The number of likely N-dealkylation sites (tertiary alicyclic amines) is 1. The van der Waals surface area contributed by atoms with Gasteiger partial charge in [-0.2, -0.15) is 0 Å². The Hall–Kier alpha value is -11.6. The number of amides is 14. The molecule has 44 heteroatoms. The predicted octanol–water partition coefficient (Wildman–Crippen LogP) is -9.23. The third-order valence-corrected chi connectivity index (χ3v) is 19.2. The zero-order valence-corrected chi connectivity index (χ0v) is 66.4. The highest BCUT2D eigenvalue weighted by molar-refractivity contribution is 6.01. The van der Waals surface area contributed by atoms with Gasteiger partial charge in [-0.3, -0.25) is 81.7 Å². The minimum Gasteiger partial charge on any atom is -0.481 e. The Bertz CT molecular complexity index is 3750. The molecule has 0 saturated carbocycles. The van der Waals surface area contributed by atoms with Crippen LogP contribution in [0.3, 0.4) is 0 Å². The van der Waals surface area contributed by atoms with Crippen molar-refractivity contribution in [3.8, 4) is 0 Å². The molecule has 14 amide bonds. The van der Waals surface area contributed by atoms with Crippen LogP contribution in [0.15, 0.2) is 65.7 Å². The lowest BCUT2D eigenvalue weighted by Gasteiger charge is -2.31. The second kappa shape index (κ2) is 52.2. The fourth-order valence-electron chi connectivity index (χ4n) is 12.1. The molecule has 1 saturated heterocycles. The Morgan fingerprint density at radius 3 is 1.25 bits per heavy atom. The van der Waals surface area contributed by atoms with Gasteiger partial charge >= 0.3 is 17.9 Å². The third-order valence-electron chi connectivity index (χ3n) is 19.2.